The fourth-order valence-corrected chi connectivity index (χ4v) is 2.83. The van der Waals surface area contributed by atoms with Crippen LogP contribution in [0.3, 0.4) is 0 Å². The van der Waals surface area contributed by atoms with E-state index < -0.39 is 0 Å². The van der Waals surface area contributed by atoms with E-state index in [0.717, 1.165) is 22.8 Å². The molecule has 0 radical (unpaired) electrons. The highest BCUT2D eigenvalue weighted by Gasteiger charge is 2.11. The highest BCUT2D eigenvalue weighted by molar-refractivity contribution is 6.30. The fraction of sp³-hybridized carbons (Fsp3) is 0.278. The van der Waals surface area contributed by atoms with E-state index in [1.165, 1.54) is 31.5 Å². The molecule has 1 saturated heterocycles. The van der Waals surface area contributed by atoms with E-state index in [0.29, 0.717) is 0 Å². The van der Waals surface area contributed by atoms with Crippen LogP contribution in [0.5, 0.6) is 0 Å². The third-order valence-electron chi connectivity index (χ3n) is 3.85. The van der Waals surface area contributed by atoms with Gasteiger partial charge in [0.1, 0.15) is 0 Å². The molecule has 0 aliphatic carbocycles. The van der Waals surface area contributed by atoms with Gasteiger partial charge in [-0.05, 0) is 55.8 Å². The molecule has 0 N–H and O–H groups in total. The Morgan fingerprint density at radius 1 is 1.10 bits per heavy atom. The Morgan fingerprint density at radius 3 is 2.52 bits per heavy atom. The standard InChI is InChI=1S/C18H19ClN2/c19-16-8-6-15(7-9-16)17(18-5-1-2-11-20-18)10-14-21-12-3-4-13-21/h1-2,5-11H,3-4,12-14H2/b17-10+. The van der Waals surface area contributed by atoms with Crippen molar-refractivity contribution < 1.29 is 0 Å². The molecule has 0 atom stereocenters. The van der Waals surface area contributed by atoms with Gasteiger partial charge in [0, 0.05) is 23.3 Å². The summed E-state index contributed by atoms with van der Waals surface area (Å²) in [6.45, 7) is 3.38. The molecule has 2 heterocycles. The molecular weight excluding hydrogens is 280 g/mol. The number of aromatic nitrogens is 1. The Hall–Kier alpha value is -1.64. The maximum atomic E-state index is 6.00. The predicted octanol–water partition coefficient (Wildman–Crippen LogP) is 4.26. The number of rotatable bonds is 4. The summed E-state index contributed by atoms with van der Waals surface area (Å²) in [5.74, 6) is 0. The molecule has 0 spiro atoms. The highest BCUT2D eigenvalue weighted by atomic mass is 35.5. The molecule has 0 bridgehead atoms. The summed E-state index contributed by atoms with van der Waals surface area (Å²) in [6.07, 6.45) is 6.76. The van der Waals surface area contributed by atoms with Crippen LogP contribution < -0.4 is 0 Å². The van der Waals surface area contributed by atoms with Crippen LogP contribution in [0.15, 0.2) is 54.7 Å². The summed E-state index contributed by atoms with van der Waals surface area (Å²) < 4.78 is 0. The molecule has 1 fully saturated rings. The summed E-state index contributed by atoms with van der Waals surface area (Å²) >= 11 is 6.00. The van der Waals surface area contributed by atoms with Crippen LogP contribution in [0.1, 0.15) is 24.1 Å². The third-order valence-corrected chi connectivity index (χ3v) is 4.10. The van der Waals surface area contributed by atoms with Gasteiger partial charge in [0.25, 0.3) is 0 Å². The summed E-state index contributed by atoms with van der Waals surface area (Å²) in [5, 5.41) is 0.763. The second-order valence-corrected chi connectivity index (χ2v) is 5.78. The molecule has 0 amide bonds. The number of hydrogen-bond acceptors (Lipinski definition) is 2. The number of halogens is 1. The summed E-state index contributed by atoms with van der Waals surface area (Å²) in [7, 11) is 0. The second-order valence-electron chi connectivity index (χ2n) is 5.35. The number of pyridine rings is 1. The monoisotopic (exact) mass is 298 g/mol. The zero-order chi connectivity index (χ0) is 14.5. The first kappa shape index (κ1) is 14.3. The van der Waals surface area contributed by atoms with Gasteiger partial charge in [0.2, 0.25) is 0 Å². The maximum Gasteiger partial charge on any atom is 0.0705 e. The number of nitrogens with zero attached hydrogens (tertiary/aromatic N) is 2. The molecule has 0 unspecified atom stereocenters. The Bertz CT molecular complexity index is 599. The van der Waals surface area contributed by atoms with E-state index in [9.17, 15) is 0 Å². The zero-order valence-corrected chi connectivity index (χ0v) is 12.8. The molecule has 21 heavy (non-hydrogen) atoms. The average molecular weight is 299 g/mol. The fourth-order valence-electron chi connectivity index (χ4n) is 2.71. The van der Waals surface area contributed by atoms with E-state index in [1.54, 1.807) is 0 Å². The molecule has 3 rings (SSSR count). The van der Waals surface area contributed by atoms with Gasteiger partial charge in [-0.2, -0.15) is 0 Å². The van der Waals surface area contributed by atoms with Crippen molar-refractivity contribution in [2.45, 2.75) is 12.8 Å². The van der Waals surface area contributed by atoms with Gasteiger partial charge in [-0.25, -0.2) is 0 Å². The van der Waals surface area contributed by atoms with E-state index in [2.05, 4.69) is 34.2 Å². The van der Waals surface area contributed by atoms with Crippen molar-refractivity contribution >= 4 is 17.2 Å². The first-order chi connectivity index (χ1) is 10.3. The second kappa shape index (κ2) is 6.88. The molecule has 3 heteroatoms. The summed E-state index contributed by atoms with van der Waals surface area (Å²) in [5.41, 5.74) is 3.36. The van der Waals surface area contributed by atoms with Crippen LogP contribution in [0.4, 0.5) is 0 Å². The molecule has 1 aromatic carbocycles. The van der Waals surface area contributed by atoms with E-state index in [1.807, 2.05) is 30.5 Å². The van der Waals surface area contributed by atoms with Crippen LogP contribution >= 0.6 is 11.6 Å². The predicted molar refractivity (Wildman–Crippen MR) is 88.4 cm³/mol. The molecule has 1 aliphatic heterocycles. The van der Waals surface area contributed by atoms with Gasteiger partial charge in [-0.3, -0.25) is 9.88 Å². The maximum absolute atomic E-state index is 6.00. The Balaban J connectivity index is 1.90. The van der Waals surface area contributed by atoms with Crippen molar-refractivity contribution in [3.63, 3.8) is 0 Å². The number of likely N-dealkylation sites (tertiary alicyclic amines) is 1. The third kappa shape index (κ3) is 3.72. The quantitative estimate of drug-likeness (QED) is 0.838. The van der Waals surface area contributed by atoms with Crippen LogP contribution in [0.25, 0.3) is 5.57 Å². The van der Waals surface area contributed by atoms with Gasteiger partial charge in [0.15, 0.2) is 0 Å². The molecule has 108 valence electrons. The van der Waals surface area contributed by atoms with E-state index in [4.69, 9.17) is 11.6 Å². The lowest BCUT2D eigenvalue weighted by molar-refractivity contribution is 0.377. The van der Waals surface area contributed by atoms with E-state index in [-0.39, 0.29) is 0 Å². The van der Waals surface area contributed by atoms with Crippen molar-refractivity contribution in [3.8, 4) is 0 Å². The Labute approximate surface area is 131 Å². The first-order valence-electron chi connectivity index (χ1n) is 7.43. The molecule has 2 aromatic rings. The van der Waals surface area contributed by atoms with Gasteiger partial charge in [0.05, 0.1) is 5.69 Å². The summed E-state index contributed by atoms with van der Waals surface area (Å²) in [6, 6.07) is 14.0. The van der Waals surface area contributed by atoms with Gasteiger partial charge in [-0.15, -0.1) is 0 Å². The highest BCUT2D eigenvalue weighted by Crippen LogP contribution is 2.23. The molecular formula is C18H19ClN2. The zero-order valence-electron chi connectivity index (χ0n) is 12.0. The topological polar surface area (TPSA) is 16.1 Å². The normalized spacial score (nSPS) is 16.3. The molecule has 1 aliphatic rings. The smallest absolute Gasteiger partial charge is 0.0705 e. The molecule has 0 saturated carbocycles. The van der Waals surface area contributed by atoms with Crippen LogP contribution in [0.2, 0.25) is 5.02 Å². The van der Waals surface area contributed by atoms with Gasteiger partial charge in [-0.1, -0.05) is 35.9 Å². The average Bonchev–Trinajstić information content (AvgIpc) is 3.04. The minimum atomic E-state index is 0.763. The molecule has 2 nitrogen and oxygen atoms in total. The number of benzene rings is 1. The summed E-state index contributed by atoms with van der Waals surface area (Å²) in [4.78, 5) is 6.99. The van der Waals surface area contributed by atoms with Crippen molar-refractivity contribution in [3.05, 3.63) is 71.0 Å². The first-order valence-corrected chi connectivity index (χ1v) is 7.80. The van der Waals surface area contributed by atoms with Crippen molar-refractivity contribution in [2.75, 3.05) is 19.6 Å². The van der Waals surface area contributed by atoms with Crippen LogP contribution in [-0.2, 0) is 0 Å². The minimum Gasteiger partial charge on any atom is -0.300 e. The van der Waals surface area contributed by atoms with Gasteiger partial charge >= 0.3 is 0 Å². The van der Waals surface area contributed by atoms with Crippen LogP contribution in [-0.4, -0.2) is 29.5 Å². The largest absolute Gasteiger partial charge is 0.300 e. The Kier molecular flexibility index (Phi) is 4.69. The Morgan fingerprint density at radius 2 is 1.86 bits per heavy atom. The lowest BCUT2D eigenvalue weighted by Gasteiger charge is -2.14. The van der Waals surface area contributed by atoms with Crippen molar-refractivity contribution in [1.29, 1.82) is 0 Å². The lowest BCUT2D eigenvalue weighted by Crippen LogP contribution is -2.19. The van der Waals surface area contributed by atoms with Gasteiger partial charge < -0.3 is 0 Å². The minimum absolute atomic E-state index is 0.763. The van der Waals surface area contributed by atoms with Crippen molar-refractivity contribution in [2.24, 2.45) is 0 Å². The van der Waals surface area contributed by atoms with E-state index >= 15 is 0 Å². The lowest BCUT2D eigenvalue weighted by atomic mass is 10.0. The van der Waals surface area contributed by atoms with Crippen LogP contribution in [0, 0.1) is 0 Å². The SMILES string of the molecule is Clc1ccc(/C(=C\CN2CCCC2)c2ccccn2)cc1. The number of hydrogen-bond donors (Lipinski definition) is 0. The van der Waals surface area contributed by atoms with Crippen molar-refractivity contribution in [1.82, 2.24) is 9.88 Å². The molecule has 1 aromatic heterocycles.